The van der Waals surface area contributed by atoms with Gasteiger partial charge in [0.2, 0.25) is 0 Å². The molecule has 3 nitrogen and oxygen atoms in total. The van der Waals surface area contributed by atoms with Crippen LogP contribution in [-0.2, 0) is 0 Å². The van der Waals surface area contributed by atoms with Crippen LogP contribution >= 0.6 is 11.6 Å². The van der Waals surface area contributed by atoms with Gasteiger partial charge < -0.3 is 9.84 Å². The van der Waals surface area contributed by atoms with E-state index in [0.29, 0.717) is 18.3 Å². The van der Waals surface area contributed by atoms with Crippen LogP contribution in [0.1, 0.15) is 43.0 Å². The molecule has 0 amide bonds. The summed E-state index contributed by atoms with van der Waals surface area (Å²) in [5, 5.41) is 9.39. The van der Waals surface area contributed by atoms with Gasteiger partial charge in [-0.05, 0) is 36.8 Å². The molecule has 0 aromatic heterocycles. The highest BCUT2D eigenvalue weighted by Gasteiger charge is 2.21. The fourth-order valence-corrected chi connectivity index (χ4v) is 3.00. The van der Waals surface area contributed by atoms with E-state index in [1.54, 1.807) is 18.2 Å². The maximum absolute atomic E-state index is 11.2. The molecule has 1 aliphatic carbocycles. The third kappa shape index (κ3) is 3.63. The van der Waals surface area contributed by atoms with Gasteiger partial charge in [0.05, 0.1) is 11.6 Å². The van der Waals surface area contributed by atoms with Gasteiger partial charge in [-0.15, -0.1) is 0 Å². The maximum atomic E-state index is 11.2. The van der Waals surface area contributed by atoms with Gasteiger partial charge >= 0.3 is 5.97 Å². The van der Waals surface area contributed by atoms with Crippen molar-refractivity contribution in [2.24, 2.45) is 11.8 Å². The minimum Gasteiger partial charge on any atom is -0.492 e. The standard InChI is InChI=1S/C15H19ClO3/c1-10-4-2-5-11(8-10)9-19-13-7-3-6-12(16)14(13)15(17)18/h3,6-7,10-11H,2,4-5,8-9H2,1H3,(H,17,18). The number of ether oxygens (including phenoxy) is 1. The lowest BCUT2D eigenvalue weighted by Gasteiger charge is -2.26. The minimum atomic E-state index is -1.04. The Morgan fingerprint density at radius 3 is 2.95 bits per heavy atom. The first-order valence-corrected chi connectivity index (χ1v) is 7.10. The summed E-state index contributed by atoms with van der Waals surface area (Å²) in [6.07, 6.45) is 4.83. The van der Waals surface area contributed by atoms with E-state index in [2.05, 4.69) is 6.92 Å². The molecule has 2 rings (SSSR count). The Hall–Kier alpha value is -1.22. The highest BCUT2D eigenvalue weighted by atomic mass is 35.5. The van der Waals surface area contributed by atoms with Crippen LogP contribution in [0.2, 0.25) is 5.02 Å². The van der Waals surface area contributed by atoms with Gasteiger partial charge in [0.15, 0.2) is 0 Å². The Kier molecular flexibility index (Phi) is 4.70. The monoisotopic (exact) mass is 282 g/mol. The smallest absolute Gasteiger partial charge is 0.341 e. The fourth-order valence-electron chi connectivity index (χ4n) is 2.75. The molecular weight excluding hydrogens is 264 g/mol. The van der Waals surface area contributed by atoms with Gasteiger partial charge in [-0.2, -0.15) is 0 Å². The van der Waals surface area contributed by atoms with Gasteiger partial charge in [-0.3, -0.25) is 0 Å². The number of aromatic carboxylic acids is 1. The van der Waals surface area contributed by atoms with Crippen molar-refractivity contribution < 1.29 is 14.6 Å². The second-order valence-corrected chi connectivity index (χ2v) is 5.77. The molecule has 2 atom stereocenters. The molecule has 1 saturated carbocycles. The molecule has 0 bridgehead atoms. The van der Waals surface area contributed by atoms with Crippen LogP contribution in [0.15, 0.2) is 18.2 Å². The lowest BCUT2D eigenvalue weighted by molar-refractivity contribution is 0.0690. The molecule has 0 radical (unpaired) electrons. The number of halogens is 1. The summed E-state index contributed by atoms with van der Waals surface area (Å²) in [7, 11) is 0. The molecule has 19 heavy (non-hydrogen) atoms. The Labute approximate surface area is 118 Å². The Morgan fingerprint density at radius 2 is 2.26 bits per heavy atom. The minimum absolute atomic E-state index is 0.0630. The van der Waals surface area contributed by atoms with Crippen molar-refractivity contribution in [3.8, 4) is 5.75 Å². The van der Waals surface area contributed by atoms with Gasteiger partial charge in [-0.25, -0.2) is 4.79 Å². The van der Waals surface area contributed by atoms with Crippen molar-refractivity contribution in [1.29, 1.82) is 0 Å². The van der Waals surface area contributed by atoms with Crippen molar-refractivity contribution >= 4 is 17.6 Å². The number of carboxylic acids is 1. The summed E-state index contributed by atoms with van der Waals surface area (Å²) in [6.45, 7) is 2.83. The van der Waals surface area contributed by atoms with Crippen LogP contribution in [0.3, 0.4) is 0 Å². The third-order valence-corrected chi connectivity index (χ3v) is 4.02. The molecular formula is C15H19ClO3. The second kappa shape index (κ2) is 6.29. The van der Waals surface area contributed by atoms with Crippen LogP contribution in [0.5, 0.6) is 5.75 Å². The first kappa shape index (κ1) is 14.2. The first-order chi connectivity index (χ1) is 9.08. The zero-order chi connectivity index (χ0) is 13.8. The van der Waals surface area contributed by atoms with Crippen molar-refractivity contribution in [2.45, 2.75) is 32.6 Å². The topological polar surface area (TPSA) is 46.5 Å². The quantitative estimate of drug-likeness (QED) is 0.898. The summed E-state index contributed by atoms with van der Waals surface area (Å²) in [6, 6.07) is 4.95. The largest absolute Gasteiger partial charge is 0.492 e. The van der Waals surface area contributed by atoms with Crippen LogP contribution < -0.4 is 4.74 Å². The third-order valence-electron chi connectivity index (χ3n) is 3.71. The zero-order valence-corrected chi connectivity index (χ0v) is 11.8. The summed E-state index contributed by atoms with van der Waals surface area (Å²) < 4.78 is 5.70. The van der Waals surface area contributed by atoms with Gasteiger partial charge in [0, 0.05) is 0 Å². The highest BCUT2D eigenvalue weighted by molar-refractivity contribution is 6.33. The van der Waals surface area contributed by atoms with Gasteiger partial charge in [-0.1, -0.05) is 37.4 Å². The molecule has 4 heteroatoms. The molecule has 0 heterocycles. The van der Waals surface area contributed by atoms with Crippen LogP contribution in [0.4, 0.5) is 0 Å². The summed E-state index contributed by atoms with van der Waals surface area (Å²) in [4.78, 5) is 11.2. The van der Waals surface area contributed by atoms with E-state index >= 15 is 0 Å². The average molecular weight is 283 g/mol. The van der Waals surface area contributed by atoms with Crippen LogP contribution in [0.25, 0.3) is 0 Å². The number of carboxylic acid groups (broad SMARTS) is 1. The van der Waals surface area contributed by atoms with Crippen LogP contribution in [-0.4, -0.2) is 17.7 Å². The van der Waals surface area contributed by atoms with Crippen molar-refractivity contribution in [2.75, 3.05) is 6.61 Å². The highest BCUT2D eigenvalue weighted by Crippen LogP contribution is 2.31. The molecule has 0 spiro atoms. The molecule has 104 valence electrons. The SMILES string of the molecule is CC1CCCC(COc2cccc(Cl)c2C(=O)O)C1. The Bertz CT molecular complexity index is 459. The second-order valence-electron chi connectivity index (χ2n) is 5.37. The van der Waals surface area contributed by atoms with E-state index in [-0.39, 0.29) is 10.6 Å². The molecule has 1 aliphatic rings. The summed E-state index contributed by atoms with van der Waals surface area (Å²) in [5.41, 5.74) is 0.0630. The van der Waals surface area contributed by atoms with Gasteiger partial charge in [0.25, 0.3) is 0 Å². The lowest BCUT2D eigenvalue weighted by atomic mass is 9.83. The van der Waals surface area contributed by atoms with Gasteiger partial charge in [0.1, 0.15) is 11.3 Å². The molecule has 1 aromatic carbocycles. The van der Waals surface area contributed by atoms with Crippen molar-refractivity contribution in [1.82, 2.24) is 0 Å². The Morgan fingerprint density at radius 1 is 1.47 bits per heavy atom. The van der Waals surface area contributed by atoms with Crippen molar-refractivity contribution in [3.63, 3.8) is 0 Å². The molecule has 0 saturated heterocycles. The molecule has 1 fully saturated rings. The van der Waals surface area contributed by atoms with E-state index in [1.807, 2.05) is 0 Å². The average Bonchev–Trinajstić information content (AvgIpc) is 2.36. The van der Waals surface area contributed by atoms with Crippen molar-refractivity contribution in [3.05, 3.63) is 28.8 Å². The predicted molar refractivity (Wildman–Crippen MR) is 75.0 cm³/mol. The lowest BCUT2D eigenvalue weighted by Crippen LogP contribution is -2.20. The number of benzene rings is 1. The Balaban J connectivity index is 2.03. The van der Waals surface area contributed by atoms with E-state index in [9.17, 15) is 4.79 Å². The van der Waals surface area contributed by atoms with E-state index in [1.165, 1.54) is 12.8 Å². The molecule has 0 aliphatic heterocycles. The molecule has 2 unspecified atom stereocenters. The number of hydrogen-bond donors (Lipinski definition) is 1. The van der Waals surface area contributed by atoms with E-state index in [0.717, 1.165) is 18.8 Å². The normalized spacial score (nSPS) is 23.1. The number of carbonyl (C=O) groups is 1. The molecule has 1 aromatic rings. The predicted octanol–water partition coefficient (Wildman–Crippen LogP) is 4.24. The molecule has 1 N–H and O–H groups in total. The fraction of sp³-hybridized carbons (Fsp3) is 0.533. The van der Waals surface area contributed by atoms with Crippen LogP contribution in [0, 0.1) is 11.8 Å². The number of rotatable bonds is 4. The maximum Gasteiger partial charge on any atom is 0.341 e. The summed E-state index contributed by atoms with van der Waals surface area (Å²) in [5.74, 6) is 0.584. The number of hydrogen-bond acceptors (Lipinski definition) is 2. The van der Waals surface area contributed by atoms with E-state index < -0.39 is 5.97 Å². The zero-order valence-electron chi connectivity index (χ0n) is 11.1. The summed E-state index contributed by atoms with van der Waals surface area (Å²) >= 11 is 5.91. The van der Waals surface area contributed by atoms with E-state index in [4.69, 9.17) is 21.4 Å². The first-order valence-electron chi connectivity index (χ1n) is 6.72.